The summed E-state index contributed by atoms with van der Waals surface area (Å²) in [7, 11) is 0. The average Bonchev–Trinajstić information content (AvgIpc) is 2.17. The van der Waals surface area contributed by atoms with Crippen molar-refractivity contribution in [3.05, 3.63) is 0 Å². The maximum absolute atomic E-state index is 9.61. The van der Waals surface area contributed by atoms with Gasteiger partial charge in [-0.25, -0.2) is 0 Å². The summed E-state index contributed by atoms with van der Waals surface area (Å²) in [5.41, 5.74) is 10.9. The van der Waals surface area contributed by atoms with Gasteiger partial charge in [0.15, 0.2) is 0 Å². The Labute approximate surface area is 72.9 Å². The van der Waals surface area contributed by atoms with Crippen LogP contribution in [-0.2, 0) is 4.74 Å². The van der Waals surface area contributed by atoms with Gasteiger partial charge in [-0.1, -0.05) is 0 Å². The molecule has 4 heteroatoms. The molecular weight excluding hydrogens is 156 g/mol. The van der Waals surface area contributed by atoms with E-state index in [1.165, 1.54) is 0 Å². The molecule has 0 aromatic rings. The Bertz CT molecular complexity index is 126. The lowest BCUT2D eigenvalue weighted by atomic mass is 9.99. The summed E-state index contributed by atoms with van der Waals surface area (Å²) in [6, 6.07) is -0.354. The third kappa shape index (κ3) is 2.42. The first-order valence-corrected chi connectivity index (χ1v) is 4.51. The number of nitrogens with two attached hydrogens (primary N) is 2. The van der Waals surface area contributed by atoms with Crippen LogP contribution in [0.15, 0.2) is 0 Å². The lowest BCUT2D eigenvalue weighted by Gasteiger charge is -2.29. The number of ether oxygens (including phenoxy) is 1. The van der Waals surface area contributed by atoms with E-state index in [1.54, 1.807) is 0 Å². The molecule has 1 rings (SSSR count). The van der Waals surface area contributed by atoms with Crippen molar-refractivity contribution >= 4 is 0 Å². The highest BCUT2D eigenvalue weighted by atomic mass is 16.5. The minimum atomic E-state index is -0.602. The normalized spacial score (nSPS) is 29.8. The zero-order valence-electron chi connectivity index (χ0n) is 7.28. The van der Waals surface area contributed by atoms with E-state index in [1.807, 2.05) is 0 Å². The molecule has 0 spiro atoms. The highest BCUT2D eigenvalue weighted by Crippen LogP contribution is 2.16. The standard InChI is InChI=1S/C8H18N2O2/c9-5-6(10)8(11)7-3-1-2-4-12-7/h6-8,11H,1-5,9-10H2. The first-order chi connectivity index (χ1) is 5.75. The number of aliphatic hydroxyl groups excluding tert-OH is 1. The Morgan fingerprint density at radius 1 is 1.50 bits per heavy atom. The second kappa shape index (κ2) is 4.77. The van der Waals surface area contributed by atoms with Crippen LogP contribution in [0, 0.1) is 0 Å². The molecule has 0 amide bonds. The predicted octanol–water partition coefficient (Wildman–Crippen LogP) is -0.798. The molecule has 4 nitrogen and oxygen atoms in total. The van der Waals surface area contributed by atoms with Gasteiger partial charge in [-0.05, 0) is 19.3 Å². The Balaban J connectivity index is 2.33. The first-order valence-electron chi connectivity index (χ1n) is 4.51. The fraction of sp³-hybridized carbons (Fsp3) is 1.00. The van der Waals surface area contributed by atoms with E-state index >= 15 is 0 Å². The van der Waals surface area contributed by atoms with Crippen LogP contribution in [0.1, 0.15) is 19.3 Å². The highest BCUT2D eigenvalue weighted by Gasteiger charge is 2.26. The SMILES string of the molecule is NCC(N)C(O)C1CCCCO1. The molecule has 12 heavy (non-hydrogen) atoms. The van der Waals surface area contributed by atoms with Gasteiger partial charge in [0.05, 0.1) is 12.2 Å². The molecule has 1 saturated heterocycles. The quantitative estimate of drug-likeness (QED) is 0.523. The molecule has 0 bridgehead atoms. The van der Waals surface area contributed by atoms with Crippen molar-refractivity contribution in [2.24, 2.45) is 11.5 Å². The maximum Gasteiger partial charge on any atom is 0.0964 e. The molecule has 0 radical (unpaired) electrons. The molecule has 0 saturated carbocycles. The summed E-state index contributed by atoms with van der Waals surface area (Å²) < 4.78 is 5.38. The lowest BCUT2D eigenvalue weighted by molar-refractivity contribution is -0.0690. The van der Waals surface area contributed by atoms with Crippen LogP contribution in [0.25, 0.3) is 0 Å². The topological polar surface area (TPSA) is 81.5 Å². The van der Waals surface area contributed by atoms with Gasteiger partial charge in [-0.15, -0.1) is 0 Å². The molecule has 3 atom stereocenters. The molecule has 5 N–H and O–H groups in total. The molecule has 1 fully saturated rings. The summed E-state index contributed by atoms with van der Waals surface area (Å²) in [4.78, 5) is 0. The predicted molar refractivity (Wildman–Crippen MR) is 46.6 cm³/mol. The van der Waals surface area contributed by atoms with Crippen molar-refractivity contribution in [3.63, 3.8) is 0 Å². The highest BCUT2D eigenvalue weighted by molar-refractivity contribution is 4.81. The van der Waals surface area contributed by atoms with Crippen LogP contribution in [0.5, 0.6) is 0 Å². The van der Waals surface area contributed by atoms with Crippen LogP contribution in [0.2, 0.25) is 0 Å². The van der Waals surface area contributed by atoms with E-state index in [-0.39, 0.29) is 12.1 Å². The van der Waals surface area contributed by atoms with Crippen LogP contribution in [-0.4, -0.2) is 36.5 Å². The van der Waals surface area contributed by atoms with E-state index in [9.17, 15) is 5.11 Å². The van der Waals surface area contributed by atoms with Gasteiger partial charge < -0.3 is 21.3 Å². The van der Waals surface area contributed by atoms with Gasteiger partial charge in [0.25, 0.3) is 0 Å². The van der Waals surface area contributed by atoms with Crippen LogP contribution < -0.4 is 11.5 Å². The van der Waals surface area contributed by atoms with Crippen molar-refractivity contribution < 1.29 is 9.84 Å². The molecular formula is C8H18N2O2. The van der Waals surface area contributed by atoms with Crippen molar-refractivity contribution in [2.75, 3.05) is 13.2 Å². The second-order valence-corrected chi connectivity index (χ2v) is 3.30. The Kier molecular flexibility index (Phi) is 3.94. The van der Waals surface area contributed by atoms with Crippen molar-refractivity contribution in [2.45, 2.75) is 37.5 Å². The third-order valence-electron chi connectivity index (χ3n) is 2.31. The molecule has 1 aliphatic rings. The van der Waals surface area contributed by atoms with Gasteiger partial charge >= 0.3 is 0 Å². The van der Waals surface area contributed by atoms with Crippen molar-refractivity contribution in [1.29, 1.82) is 0 Å². The van der Waals surface area contributed by atoms with E-state index in [0.29, 0.717) is 6.54 Å². The summed E-state index contributed by atoms with van der Waals surface area (Å²) in [6.45, 7) is 1.04. The minimum Gasteiger partial charge on any atom is -0.389 e. The Morgan fingerprint density at radius 2 is 2.25 bits per heavy atom. The first kappa shape index (κ1) is 9.92. The van der Waals surface area contributed by atoms with Crippen molar-refractivity contribution in [3.8, 4) is 0 Å². The summed E-state index contributed by atoms with van der Waals surface area (Å²) >= 11 is 0. The van der Waals surface area contributed by atoms with E-state index in [0.717, 1.165) is 25.9 Å². The smallest absolute Gasteiger partial charge is 0.0964 e. The minimum absolute atomic E-state index is 0.0997. The molecule has 0 aliphatic carbocycles. The van der Waals surface area contributed by atoms with E-state index in [4.69, 9.17) is 16.2 Å². The monoisotopic (exact) mass is 174 g/mol. The van der Waals surface area contributed by atoms with Crippen LogP contribution in [0.4, 0.5) is 0 Å². The maximum atomic E-state index is 9.61. The zero-order chi connectivity index (χ0) is 8.97. The van der Waals surface area contributed by atoms with E-state index < -0.39 is 6.10 Å². The van der Waals surface area contributed by atoms with Gasteiger partial charge in [0.2, 0.25) is 0 Å². The van der Waals surface area contributed by atoms with Gasteiger partial charge in [0, 0.05) is 19.2 Å². The zero-order valence-corrected chi connectivity index (χ0v) is 7.28. The number of hydrogen-bond donors (Lipinski definition) is 3. The Morgan fingerprint density at radius 3 is 2.75 bits per heavy atom. The molecule has 3 unspecified atom stereocenters. The average molecular weight is 174 g/mol. The summed E-state index contributed by atoms with van der Waals surface area (Å²) in [5.74, 6) is 0. The van der Waals surface area contributed by atoms with Crippen molar-refractivity contribution in [1.82, 2.24) is 0 Å². The largest absolute Gasteiger partial charge is 0.389 e. The number of aliphatic hydroxyl groups is 1. The third-order valence-corrected chi connectivity index (χ3v) is 2.31. The fourth-order valence-electron chi connectivity index (χ4n) is 1.45. The number of hydrogen-bond acceptors (Lipinski definition) is 4. The van der Waals surface area contributed by atoms with Gasteiger partial charge in [-0.3, -0.25) is 0 Å². The lowest BCUT2D eigenvalue weighted by Crippen LogP contribution is -2.49. The second-order valence-electron chi connectivity index (χ2n) is 3.30. The van der Waals surface area contributed by atoms with Gasteiger partial charge in [-0.2, -0.15) is 0 Å². The van der Waals surface area contributed by atoms with Crippen LogP contribution in [0.3, 0.4) is 0 Å². The Hall–Kier alpha value is -0.160. The number of rotatable bonds is 3. The molecule has 72 valence electrons. The van der Waals surface area contributed by atoms with Gasteiger partial charge in [0.1, 0.15) is 0 Å². The van der Waals surface area contributed by atoms with E-state index in [2.05, 4.69) is 0 Å². The summed E-state index contributed by atoms with van der Waals surface area (Å²) in [5, 5.41) is 9.61. The van der Waals surface area contributed by atoms with Crippen LogP contribution >= 0.6 is 0 Å². The fourth-order valence-corrected chi connectivity index (χ4v) is 1.45. The molecule has 0 aromatic carbocycles. The summed E-state index contributed by atoms with van der Waals surface area (Å²) in [6.07, 6.45) is 2.39. The molecule has 1 heterocycles. The molecule has 0 aromatic heterocycles. The molecule has 1 aliphatic heterocycles.